The molecular formula is C10H9BrFNO. The molecule has 0 saturated carbocycles. The fourth-order valence-corrected chi connectivity index (χ4v) is 2.03. The Morgan fingerprint density at radius 1 is 1.50 bits per heavy atom. The van der Waals surface area contributed by atoms with Gasteiger partial charge in [-0.3, -0.25) is 4.79 Å². The summed E-state index contributed by atoms with van der Waals surface area (Å²) in [6, 6.07) is 4.81. The van der Waals surface area contributed by atoms with Gasteiger partial charge < -0.3 is 5.32 Å². The van der Waals surface area contributed by atoms with Crippen molar-refractivity contribution in [2.75, 3.05) is 6.54 Å². The van der Waals surface area contributed by atoms with Gasteiger partial charge in [-0.05, 0) is 23.8 Å². The topological polar surface area (TPSA) is 29.1 Å². The average molecular weight is 258 g/mol. The summed E-state index contributed by atoms with van der Waals surface area (Å²) in [5.74, 6) is -0.274. The molecule has 1 saturated heterocycles. The highest BCUT2D eigenvalue weighted by Crippen LogP contribution is 2.27. The molecule has 1 aromatic rings. The highest BCUT2D eigenvalue weighted by molar-refractivity contribution is 9.10. The lowest BCUT2D eigenvalue weighted by Gasteiger charge is -2.09. The highest BCUT2D eigenvalue weighted by atomic mass is 79.9. The van der Waals surface area contributed by atoms with Crippen LogP contribution < -0.4 is 5.32 Å². The minimum Gasteiger partial charge on any atom is -0.355 e. The number of rotatable bonds is 1. The monoisotopic (exact) mass is 257 g/mol. The van der Waals surface area contributed by atoms with Crippen LogP contribution in [-0.4, -0.2) is 12.5 Å². The third-order valence-corrected chi connectivity index (χ3v) is 2.87. The van der Waals surface area contributed by atoms with Crippen LogP contribution >= 0.6 is 15.9 Å². The van der Waals surface area contributed by atoms with Gasteiger partial charge in [0.2, 0.25) is 5.91 Å². The first-order valence-electron chi connectivity index (χ1n) is 4.38. The third-order valence-electron chi connectivity index (χ3n) is 2.38. The molecule has 14 heavy (non-hydrogen) atoms. The minimum absolute atomic E-state index is 0.00521. The number of nitrogens with one attached hydrogen (secondary N) is 1. The zero-order valence-corrected chi connectivity index (χ0v) is 8.97. The van der Waals surface area contributed by atoms with E-state index >= 15 is 0 Å². The number of halogens is 2. The second kappa shape index (κ2) is 3.69. The van der Waals surface area contributed by atoms with Crippen LogP contribution in [0.3, 0.4) is 0 Å². The first-order chi connectivity index (χ1) is 6.66. The van der Waals surface area contributed by atoms with Gasteiger partial charge in [0.1, 0.15) is 5.82 Å². The molecule has 74 valence electrons. The third kappa shape index (κ3) is 1.80. The number of hydrogen-bond acceptors (Lipinski definition) is 1. The Bertz CT molecular complexity index is 380. The fraction of sp³-hybridized carbons (Fsp3) is 0.300. The van der Waals surface area contributed by atoms with E-state index in [2.05, 4.69) is 21.2 Å². The summed E-state index contributed by atoms with van der Waals surface area (Å²) >= 11 is 3.29. The molecule has 0 aromatic heterocycles. The molecule has 4 heteroatoms. The van der Waals surface area contributed by atoms with E-state index in [-0.39, 0.29) is 17.6 Å². The van der Waals surface area contributed by atoms with Crippen molar-refractivity contribution in [1.82, 2.24) is 5.32 Å². The minimum atomic E-state index is -0.241. The fourth-order valence-electron chi connectivity index (χ4n) is 1.65. The molecule has 1 heterocycles. The van der Waals surface area contributed by atoms with Crippen molar-refractivity contribution in [3.63, 3.8) is 0 Å². The standard InChI is InChI=1S/C10H9BrFNO/c11-7-1-2-9(12)8(4-7)6-3-10(14)13-5-6/h1-2,4,6H,3,5H2,(H,13,14). The first kappa shape index (κ1) is 9.65. The Kier molecular flexibility index (Phi) is 2.54. The van der Waals surface area contributed by atoms with E-state index in [0.29, 0.717) is 18.5 Å². The van der Waals surface area contributed by atoms with Crippen LogP contribution in [0.15, 0.2) is 22.7 Å². The normalized spacial score (nSPS) is 21.0. The van der Waals surface area contributed by atoms with Gasteiger partial charge in [0.25, 0.3) is 0 Å². The van der Waals surface area contributed by atoms with Crippen LogP contribution in [0.4, 0.5) is 4.39 Å². The van der Waals surface area contributed by atoms with E-state index in [1.807, 2.05) is 0 Å². The van der Waals surface area contributed by atoms with Gasteiger partial charge in [-0.2, -0.15) is 0 Å². The number of carbonyl (C=O) groups excluding carboxylic acids is 1. The molecule has 1 fully saturated rings. The predicted molar refractivity (Wildman–Crippen MR) is 54.5 cm³/mol. The maximum Gasteiger partial charge on any atom is 0.220 e. The molecule has 0 spiro atoms. The van der Waals surface area contributed by atoms with Gasteiger partial charge in [-0.1, -0.05) is 15.9 Å². The van der Waals surface area contributed by atoms with Crippen LogP contribution in [0.2, 0.25) is 0 Å². The van der Waals surface area contributed by atoms with Crippen molar-refractivity contribution in [2.45, 2.75) is 12.3 Å². The molecular weight excluding hydrogens is 249 g/mol. The van der Waals surface area contributed by atoms with Crippen molar-refractivity contribution in [3.8, 4) is 0 Å². The van der Waals surface area contributed by atoms with Crippen LogP contribution in [-0.2, 0) is 4.79 Å². The van der Waals surface area contributed by atoms with Crippen molar-refractivity contribution in [2.24, 2.45) is 0 Å². The second-order valence-electron chi connectivity index (χ2n) is 3.37. The number of carbonyl (C=O) groups is 1. The summed E-state index contributed by atoms with van der Waals surface area (Å²) in [5, 5.41) is 2.69. The van der Waals surface area contributed by atoms with Crippen molar-refractivity contribution >= 4 is 21.8 Å². The molecule has 2 rings (SSSR count). The van der Waals surface area contributed by atoms with Crippen molar-refractivity contribution < 1.29 is 9.18 Å². The molecule has 1 amide bonds. The van der Waals surface area contributed by atoms with Gasteiger partial charge in [0.15, 0.2) is 0 Å². The molecule has 1 unspecified atom stereocenters. The molecule has 1 aromatic carbocycles. The summed E-state index contributed by atoms with van der Waals surface area (Å²) in [7, 11) is 0. The molecule has 0 aliphatic carbocycles. The van der Waals surface area contributed by atoms with Crippen LogP contribution in [0.5, 0.6) is 0 Å². The Hall–Kier alpha value is -0.900. The van der Waals surface area contributed by atoms with Gasteiger partial charge >= 0.3 is 0 Å². The first-order valence-corrected chi connectivity index (χ1v) is 5.18. The lowest BCUT2D eigenvalue weighted by Crippen LogP contribution is -2.13. The van der Waals surface area contributed by atoms with Crippen LogP contribution in [0.1, 0.15) is 17.9 Å². The van der Waals surface area contributed by atoms with Crippen LogP contribution in [0, 0.1) is 5.82 Å². The molecule has 1 aliphatic rings. The largest absolute Gasteiger partial charge is 0.355 e. The van der Waals surface area contributed by atoms with E-state index in [0.717, 1.165) is 4.47 Å². The zero-order valence-electron chi connectivity index (χ0n) is 7.39. The maximum absolute atomic E-state index is 13.4. The van der Waals surface area contributed by atoms with Gasteiger partial charge in [-0.25, -0.2) is 4.39 Å². The maximum atomic E-state index is 13.4. The highest BCUT2D eigenvalue weighted by Gasteiger charge is 2.25. The summed E-state index contributed by atoms with van der Waals surface area (Å²) in [5.41, 5.74) is 0.609. The lowest BCUT2D eigenvalue weighted by atomic mass is 9.98. The summed E-state index contributed by atoms with van der Waals surface area (Å²) < 4.78 is 14.2. The Morgan fingerprint density at radius 3 is 2.93 bits per heavy atom. The van der Waals surface area contributed by atoms with E-state index in [1.54, 1.807) is 12.1 Å². The van der Waals surface area contributed by atoms with E-state index < -0.39 is 0 Å². The van der Waals surface area contributed by atoms with Gasteiger partial charge in [0.05, 0.1) is 0 Å². The Labute approximate surface area is 89.6 Å². The molecule has 0 bridgehead atoms. The lowest BCUT2D eigenvalue weighted by molar-refractivity contribution is -0.119. The van der Waals surface area contributed by atoms with E-state index in [1.165, 1.54) is 6.07 Å². The summed E-state index contributed by atoms with van der Waals surface area (Å²) in [6.45, 7) is 0.534. The summed E-state index contributed by atoms with van der Waals surface area (Å²) in [6.07, 6.45) is 0.382. The molecule has 1 N–H and O–H groups in total. The number of benzene rings is 1. The second-order valence-corrected chi connectivity index (χ2v) is 4.29. The van der Waals surface area contributed by atoms with Crippen molar-refractivity contribution in [1.29, 1.82) is 0 Å². The average Bonchev–Trinajstić information content (AvgIpc) is 2.56. The van der Waals surface area contributed by atoms with E-state index in [4.69, 9.17) is 0 Å². The quantitative estimate of drug-likeness (QED) is 0.821. The molecule has 2 nitrogen and oxygen atoms in total. The predicted octanol–water partition coefficient (Wildman–Crippen LogP) is 2.19. The van der Waals surface area contributed by atoms with Crippen molar-refractivity contribution in [3.05, 3.63) is 34.1 Å². The number of hydrogen-bond donors (Lipinski definition) is 1. The zero-order chi connectivity index (χ0) is 10.1. The van der Waals surface area contributed by atoms with Crippen LogP contribution in [0.25, 0.3) is 0 Å². The van der Waals surface area contributed by atoms with E-state index in [9.17, 15) is 9.18 Å². The molecule has 1 atom stereocenters. The van der Waals surface area contributed by atoms with Gasteiger partial charge in [0, 0.05) is 23.4 Å². The Morgan fingerprint density at radius 2 is 2.29 bits per heavy atom. The SMILES string of the molecule is O=C1CC(c2cc(Br)ccc2F)CN1. The Balaban J connectivity index is 2.31. The summed E-state index contributed by atoms with van der Waals surface area (Å²) in [4.78, 5) is 11.0. The molecule has 1 aliphatic heterocycles. The molecule has 0 radical (unpaired) electrons. The van der Waals surface area contributed by atoms with Gasteiger partial charge in [-0.15, -0.1) is 0 Å². The number of amides is 1. The smallest absolute Gasteiger partial charge is 0.220 e.